The van der Waals surface area contributed by atoms with E-state index in [1.807, 2.05) is 54.6 Å². The Morgan fingerprint density at radius 1 is 1.17 bits per heavy atom. The molecule has 0 fully saturated rings. The van der Waals surface area contributed by atoms with Gasteiger partial charge >= 0.3 is 0 Å². The summed E-state index contributed by atoms with van der Waals surface area (Å²) in [6.07, 6.45) is 1.69. The molecule has 0 saturated heterocycles. The summed E-state index contributed by atoms with van der Waals surface area (Å²) in [4.78, 5) is 0. The second kappa shape index (κ2) is 10.4. The Hall–Kier alpha value is -2.44. The highest BCUT2D eigenvalue weighted by Gasteiger charge is 1.97. The Morgan fingerprint density at radius 3 is 2.79 bits per heavy atom. The minimum Gasteiger partial charge on any atom is -0.489 e. The average Bonchev–Trinajstić information content (AvgIpc) is 2.61. The van der Waals surface area contributed by atoms with Crippen LogP contribution in [0.2, 0.25) is 0 Å². The maximum atomic E-state index is 5.79. The highest BCUT2D eigenvalue weighted by molar-refractivity contribution is 7.80. The summed E-state index contributed by atoms with van der Waals surface area (Å²) in [5, 5.41) is 7.54. The number of rotatable bonds is 8. The standard InChI is InChI=1S/C18H21N3O2S/c1-22-11-10-19-18(24)21-20-13-16-8-5-9-17(12-16)23-14-15-6-3-2-4-7-15/h2-9,12-13H,10-11,14H2,1H3,(H2,19,21,24)/b20-13-. The van der Waals surface area contributed by atoms with Crippen LogP contribution in [0.4, 0.5) is 0 Å². The lowest BCUT2D eigenvalue weighted by molar-refractivity contribution is 0.204. The van der Waals surface area contributed by atoms with Gasteiger partial charge in [0, 0.05) is 13.7 Å². The van der Waals surface area contributed by atoms with E-state index in [9.17, 15) is 0 Å². The Labute approximate surface area is 147 Å². The molecule has 0 aliphatic rings. The molecule has 2 aromatic rings. The van der Waals surface area contributed by atoms with Gasteiger partial charge in [-0.3, -0.25) is 5.43 Å². The minimum absolute atomic E-state index is 0.458. The molecule has 0 aliphatic carbocycles. The van der Waals surface area contributed by atoms with Crippen molar-refractivity contribution in [2.45, 2.75) is 6.61 Å². The van der Waals surface area contributed by atoms with Gasteiger partial charge in [-0.05, 0) is 35.5 Å². The first kappa shape index (κ1) is 17.9. The van der Waals surface area contributed by atoms with E-state index < -0.39 is 0 Å². The molecule has 0 atom stereocenters. The van der Waals surface area contributed by atoms with E-state index in [2.05, 4.69) is 15.8 Å². The minimum atomic E-state index is 0.458. The number of nitrogens with zero attached hydrogens (tertiary/aromatic N) is 1. The molecule has 0 unspecified atom stereocenters. The summed E-state index contributed by atoms with van der Waals surface area (Å²) in [5.74, 6) is 0.795. The molecule has 0 amide bonds. The first-order chi connectivity index (χ1) is 11.8. The predicted octanol–water partition coefficient (Wildman–Crippen LogP) is 2.71. The summed E-state index contributed by atoms with van der Waals surface area (Å²) in [6, 6.07) is 17.8. The first-order valence-electron chi connectivity index (χ1n) is 7.60. The predicted molar refractivity (Wildman–Crippen MR) is 100 cm³/mol. The quantitative estimate of drug-likeness (QED) is 0.334. The third-order valence-corrected chi connectivity index (χ3v) is 3.31. The number of methoxy groups -OCH3 is 1. The fourth-order valence-corrected chi connectivity index (χ4v) is 2.05. The van der Waals surface area contributed by atoms with Crippen molar-refractivity contribution in [1.82, 2.24) is 10.7 Å². The molecule has 6 heteroatoms. The van der Waals surface area contributed by atoms with E-state index in [4.69, 9.17) is 21.7 Å². The molecular weight excluding hydrogens is 322 g/mol. The zero-order valence-electron chi connectivity index (χ0n) is 13.6. The maximum Gasteiger partial charge on any atom is 0.187 e. The van der Waals surface area contributed by atoms with E-state index in [0.29, 0.717) is 24.9 Å². The fraction of sp³-hybridized carbons (Fsp3) is 0.222. The van der Waals surface area contributed by atoms with Crippen LogP contribution in [0.25, 0.3) is 0 Å². The van der Waals surface area contributed by atoms with E-state index in [1.165, 1.54) is 0 Å². The van der Waals surface area contributed by atoms with Crippen LogP contribution >= 0.6 is 12.2 Å². The van der Waals surface area contributed by atoms with Crippen molar-refractivity contribution in [3.8, 4) is 5.75 Å². The monoisotopic (exact) mass is 343 g/mol. The summed E-state index contributed by atoms with van der Waals surface area (Å²) in [7, 11) is 1.64. The van der Waals surface area contributed by atoms with Crippen LogP contribution in [-0.2, 0) is 11.3 Å². The molecule has 0 bridgehead atoms. The van der Waals surface area contributed by atoms with Gasteiger partial charge < -0.3 is 14.8 Å². The number of hydrogen-bond acceptors (Lipinski definition) is 4. The van der Waals surface area contributed by atoms with Crippen molar-refractivity contribution in [3.63, 3.8) is 0 Å². The molecule has 0 radical (unpaired) electrons. The summed E-state index contributed by atoms with van der Waals surface area (Å²) in [5.41, 5.74) is 4.81. The van der Waals surface area contributed by atoms with Crippen LogP contribution in [-0.4, -0.2) is 31.6 Å². The Bertz CT molecular complexity index is 662. The van der Waals surface area contributed by atoms with E-state index in [1.54, 1.807) is 13.3 Å². The van der Waals surface area contributed by atoms with Gasteiger partial charge in [0.25, 0.3) is 0 Å². The SMILES string of the molecule is COCCNC(=S)N/N=C\c1cccc(OCc2ccccc2)c1. The van der Waals surface area contributed by atoms with Gasteiger partial charge in [-0.25, -0.2) is 0 Å². The zero-order chi connectivity index (χ0) is 17.0. The molecule has 2 N–H and O–H groups in total. The Kier molecular flexibility index (Phi) is 7.73. The number of hydrazone groups is 1. The van der Waals surface area contributed by atoms with Crippen LogP contribution in [0, 0.1) is 0 Å². The van der Waals surface area contributed by atoms with Crippen molar-refractivity contribution in [1.29, 1.82) is 0 Å². The molecule has 0 aromatic heterocycles. The van der Waals surface area contributed by atoms with Gasteiger partial charge in [0.2, 0.25) is 0 Å². The molecular formula is C18H21N3O2S. The maximum absolute atomic E-state index is 5.79. The highest BCUT2D eigenvalue weighted by Crippen LogP contribution is 2.14. The van der Waals surface area contributed by atoms with Crippen LogP contribution < -0.4 is 15.5 Å². The number of ether oxygens (including phenoxy) is 2. The summed E-state index contributed by atoms with van der Waals surface area (Å²) in [6.45, 7) is 1.76. The van der Waals surface area contributed by atoms with Crippen molar-refractivity contribution >= 4 is 23.5 Å². The van der Waals surface area contributed by atoms with Crippen molar-refractivity contribution in [3.05, 3.63) is 65.7 Å². The van der Waals surface area contributed by atoms with Crippen molar-refractivity contribution in [2.24, 2.45) is 5.10 Å². The zero-order valence-corrected chi connectivity index (χ0v) is 14.4. The molecule has 0 saturated carbocycles. The first-order valence-corrected chi connectivity index (χ1v) is 8.01. The van der Waals surface area contributed by atoms with Crippen LogP contribution in [0.15, 0.2) is 59.7 Å². The second-order valence-corrected chi connectivity index (χ2v) is 5.37. The molecule has 0 aliphatic heterocycles. The van der Waals surface area contributed by atoms with Gasteiger partial charge in [0.05, 0.1) is 12.8 Å². The Morgan fingerprint density at radius 2 is 2.00 bits per heavy atom. The molecule has 126 valence electrons. The molecule has 24 heavy (non-hydrogen) atoms. The van der Waals surface area contributed by atoms with Gasteiger partial charge in [-0.1, -0.05) is 42.5 Å². The normalized spacial score (nSPS) is 10.5. The van der Waals surface area contributed by atoms with Gasteiger partial charge in [0.1, 0.15) is 12.4 Å². The molecule has 5 nitrogen and oxygen atoms in total. The molecule has 2 rings (SSSR count). The number of thiocarbonyl (C=S) groups is 1. The van der Waals surface area contributed by atoms with Crippen LogP contribution in [0.3, 0.4) is 0 Å². The lowest BCUT2D eigenvalue weighted by atomic mass is 10.2. The summed E-state index contributed by atoms with van der Waals surface area (Å²) < 4.78 is 10.7. The van der Waals surface area contributed by atoms with Gasteiger partial charge in [-0.15, -0.1) is 0 Å². The highest BCUT2D eigenvalue weighted by atomic mass is 32.1. The Balaban J connectivity index is 1.81. The van der Waals surface area contributed by atoms with E-state index in [0.717, 1.165) is 16.9 Å². The topological polar surface area (TPSA) is 54.9 Å². The third kappa shape index (κ3) is 6.76. The second-order valence-electron chi connectivity index (χ2n) is 4.97. The van der Waals surface area contributed by atoms with E-state index >= 15 is 0 Å². The van der Waals surface area contributed by atoms with Crippen molar-refractivity contribution < 1.29 is 9.47 Å². The number of benzene rings is 2. The van der Waals surface area contributed by atoms with E-state index in [-0.39, 0.29) is 0 Å². The molecule has 2 aromatic carbocycles. The molecule has 0 spiro atoms. The smallest absolute Gasteiger partial charge is 0.187 e. The van der Waals surface area contributed by atoms with Crippen LogP contribution in [0.1, 0.15) is 11.1 Å². The third-order valence-electron chi connectivity index (χ3n) is 3.08. The van der Waals surface area contributed by atoms with Crippen LogP contribution in [0.5, 0.6) is 5.75 Å². The fourth-order valence-electron chi connectivity index (χ4n) is 1.90. The number of nitrogens with one attached hydrogen (secondary N) is 2. The largest absolute Gasteiger partial charge is 0.489 e. The van der Waals surface area contributed by atoms with Gasteiger partial charge in [0.15, 0.2) is 5.11 Å². The number of hydrogen-bond donors (Lipinski definition) is 2. The summed E-state index contributed by atoms with van der Waals surface area (Å²) >= 11 is 5.09. The lowest BCUT2D eigenvalue weighted by Crippen LogP contribution is -2.34. The average molecular weight is 343 g/mol. The lowest BCUT2D eigenvalue weighted by Gasteiger charge is -2.07. The van der Waals surface area contributed by atoms with Gasteiger partial charge in [-0.2, -0.15) is 5.10 Å². The van der Waals surface area contributed by atoms with Crippen molar-refractivity contribution in [2.75, 3.05) is 20.3 Å². The molecule has 0 heterocycles.